The van der Waals surface area contributed by atoms with E-state index in [2.05, 4.69) is 15.3 Å². The zero-order valence-corrected chi connectivity index (χ0v) is 16.1. The van der Waals surface area contributed by atoms with Gasteiger partial charge in [-0.1, -0.05) is 41.9 Å². The highest BCUT2D eigenvalue weighted by atomic mass is 35.5. The molecule has 0 spiro atoms. The summed E-state index contributed by atoms with van der Waals surface area (Å²) in [6.07, 6.45) is -2.79. The van der Waals surface area contributed by atoms with E-state index in [0.717, 1.165) is 11.8 Å². The van der Waals surface area contributed by atoms with Crippen LogP contribution in [-0.4, -0.2) is 30.7 Å². The van der Waals surface area contributed by atoms with Crippen LogP contribution in [0.5, 0.6) is 0 Å². The molecule has 148 valence electrons. The lowest BCUT2D eigenvalue weighted by Gasteiger charge is -2.18. The van der Waals surface area contributed by atoms with Crippen LogP contribution < -0.4 is 10.0 Å². The van der Waals surface area contributed by atoms with Gasteiger partial charge in [-0.25, -0.2) is 13.4 Å². The first kappa shape index (κ1) is 21.2. The summed E-state index contributed by atoms with van der Waals surface area (Å²) in [5.74, 6) is -0.988. The lowest BCUT2D eigenvalue weighted by Crippen LogP contribution is -2.21. The molecule has 2 aromatic rings. The zero-order valence-electron chi connectivity index (χ0n) is 14.5. The first-order valence-corrected chi connectivity index (χ1v) is 10.2. The van der Waals surface area contributed by atoms with Crippen LogP contribution in [0.4, 0.5) is 24.9 Å². The van der Waals surface area contributed by atoms with E-state index in [-0.39, 0.29) is 11.9 Å². The first-order valence-electron chi connectivity index (χ1n) is 7.88. The first-order chi connectivity index (χ1) is 12.5. The second-order valence-corrected chi connectivity index (χ2v) is 8.13. The molecule has 0 amide bonds. The van der Waals surface area contributed by atoms with Gasteiger partial charge in [0, 0.05) is 6.04 Å². The molecule has 2 rings (SSSR count). The smallest absolute Gasteiger partial charge is 0.366 e. The van der Waals surface area contributed by atoms with Crippen LogP contribution in [0.25, 0.3) is 0 Å². The molecule has 1 aromatic heterocycles. The molecule has 0 radical (unpaired) electrons. The molecule has 0 aliphatic carbocycles. The fourth-order valence-electron chi connectivity index (χ4n) is 2.28. The maximum Gasteiger partial charge on any atom is 0.435 e. The maximum absolute atomic E-state index is 13.2. The van der Waals surface area contributed by atoms with Gasteiger partial charge in [0.1, 0.15) is 5.02 Å². The summed E-state index contributed by atoms with van der Waals surface area (Å²) in [6, 6.07) is 9.30. The monoisotopic (exact) mass is 422 g/mol. The van der Waals surface area contributed by atoms with Crippen molar-refractivity contribution in [3.63, 3.8) is 0 Å². The van der Waals surface area contributed by atoms with Gasteiger partial charge in [-0.2, -0.15) is 18.2 Å². The molecule has 6 nitrogen and oxygen atoms in total. The minimum atomic E-state index is -4.86. The number of nitrogens with zero attached hydrogens (tertiary/aromatic N) is 2. The Balaban J connectivity index is 2.24. The van der Waals surface area contributed by atoms with Crippen LogP contribution in [0, 0.1) is 0 Å². The Hall–Kier alpha value is -2.07. The van der Waals surface area contributed by atoms with Gasteiger partial charge in [0.25, 0.3) is 0 Å². The van der Waals surface area contributed by atoms with Gasteiger partial charge in [0.15, 0.2) is 11.5 Å². The number of benzene rings is 1. The van der Waals surface area contributed by atoms with Crippen molar-refractivity contribution in [3.05, 3.63) is 46.6 Å². The average Bonchev–Trinajstić information content (AvgIpc) is 2.54. The number of halogens is 4. The molecule has 0 aliphatic rings. The second kappa shape index (κ2) is 8.30. The lowest BCUT2D eigenvalue weighted by atomic mass is 10.1. The van der Waals surface area contributed by atoms with Gasteiger partial charge in [0.05, 0.1) is 6.26 Å². The normalized spacial score (nSPS) is 13.3. The summed E-state index contributed by atoms with van der Waals surface area (Å²) in [6.45, 7) is 1.76. The zero-order chi connectivity index (χ0) is 20.2. The summed E-state index contributed by atoms with van der Waals surface area (Å²) < 4.78 is 64.0. The standard InChI is InChI=1S/C16H18ClF3N4O2S/c1-10(8-9-11-6-4-3-5-7-11)21-14-12(17)13(16(18,19)20)22-15(23-14)24-27(2,25)26/h3-7,10H,8-9H2,1-2H3,(H2,21,22,23,24). The van der Waals surface area contributed by atoms with Gasteiger partial charge in [-0.05, 0) is 25.3 Å². The predicted octanol–water partition coefficient (Wildman–Crippen LogP) is 3.95. The van der Waals surface area contributed by atoms with E-state index in [1.54, 1.807) is 6.92 Å². The second-order valence-electron chi connectivity index (χ2n) is 6.00. The molecule has 2 N–H and O–H groups in total. The number of sulfonamides is 1. The highest BCUT2D eigenvalue weighted by Crippen LogP contribution is 2.37. The quantitative estimate of drug-likeness (QED) is 0.705. The topological polar surface area (TPSA) is 84.0 Å². The van der Waals surface area contributed by atoms with E-state index in [1.807, 2.05) is 35.1 Å². The predicted molar refractivity (Wildman–Crippen MR) is 98.4 cm³/mol. The van der Waals surface area contributed by atoms with E-state index >= 15 is 0 Å². The molecule has 27 heavy (non-hydrogen) atoms. The minimum absolute atomic E-state index is 0.273. The van der Waals surface area contributed by atoms with Crippen LogP contribution in [0.1, 0.15) is 24.6 Å². The number of aryl methyl sites for hydroxylation is 1. The number of rotatable bonds is 7. The summed E-state index contributed by atoms with van der Waals surface area (Å²) in [7, 11) is -3.86. The van der Waals surface area contributed by atoms with E-state index in [9.17, 15) is 21.6 Å². The third-order valence-electron chi connectivity index (χ3n) is 3.49. The molecular formula is C16H18ClF3N4O2S. The Morgan fingerprint density at radius 2 is 1.81 bits per heavy atom. The Kier molecular flexibility index (Phi) is 6.53. The maximum atomic E-state index is 13.2. The van der Waals surface area contributed by atoms with E-state index < -0.39 is 32.9 Å². The minimum Gasteiger partial charge on any atom is -0.366 e. The van der Waals surface area contributed by atoms with Gasteiger partial charge in [-0.3, -0.25) is 4.72 Å². The largest absolute Gasteiger partial charge is 0.435 e. The van der Waals surface area contributed by atoms with Gasteiger partial charge >= 0.3 is 6.18 Å². The summed E-state index contributed by atoms with van der Waals surface area (Å²) in [5.41, 5.74) is -0.335. The average molecular weight is 423 g/mol. The number of hydrogen-bond acceptors (Lipinski definition) is 5. The number of alkyl halides is 3. The Morgan fingerprint density at radius 1 is 1.19 bits per heavy atom. The molecule has 0 saturated carbocycles. The SMILES string of the molecule is CC(CCc1ccccc1)Nc1nc(NS(C)(=O)=O)nc(C(F)(F)F)c1Cl. The third-order valence-corrected chi connectivity index (χ3v) is 4.40. The highest BCUT2D eigenvalue weighted by Gasteiger charge is 2.38. The van der Waals surface area contributed by atoms with E-state index in [4.69, 9.17) is 11.6 Å². The van der Waals surface area contributed by atoms with Crippen LogP contribution in [0.15, 0.2) is 30.3 Å². The lowest BCUT2D eigenvalue weighted by molar-refractivity contribution is -0.141. The van der Waals surface area contributed by atoms with Gasteiger partial charge < -0.3 is 5.32 Å². The van der Waals surface area contributed by atoms with Crippen molar-refractivity contribution >= 4 is 33.4 Å². The van der Waals surface area contributed by atoms with Crippen molar-refractivity contribution in [1.82, 2.24) is 9.97 Å². The summed E-state index contributed by atoms with van der Waals surface area (Å²) >= 11 is 5.81. The molecule has 1 atom stereocenters. The molecule has 0 fully saturated rings. The highest BCUT2D eigenvalue weighted by molar-refractivity contribution is 7.91. The Morgan fingerprint density at radius 3 is 2.37 bits per heavy atom. The van der Waals surface area contributed by atoms with Gasteiger partial charge in [-0.15, -0.1) is 0 Å². The number of anilines is 2. The summed E-state index contributed by atoms with van der Waals surface area (Å²) in [4.78, 5) is 6.97. The van der Waals surface area contributed by atoms with E-state index in [0.29, 0.717) is 12.8 Å². The van der Waals surface area contributed by atoms with Crippen LogP contribution >= 0.6 is 11.6 Å². The molecule has 1 unspecified atom stereocenters. The third kappa shape index (κ3) is 6.55. The number of nitrogens with one attached hydrogen (secondary N) is 2. The van der Waals surface area contributed by atoms with Crippen molar-refractivity contribution in [1.29, 1.82) is 0 Å². The van der Waals surface area contributed by atoms with Crippen molar-refractivity contribution in [2.75, 3.05) is 16.3 Å². The number of hydrogen-bond donors (Lipinski definition) is 2. The van der Waals surface area contributed by atoms with Crippen molar-refractivity contribution in [2.24, 2.45) is 0 Å². The van der Waals surface area contributed by atoms with E-state index in [1.165, 1.54) is 0 Å². The van der Waals surface area contributed by atoms with Crippen molar-refractivity contribution in [2.45, 2.75) is 32.0 Å². The molecular weight excluding hydrogens is 405 g/mol. The fourth-order valence-corrected chi connectivity index (χ4v) is 2.94. The molecule has 0 saturated heterocycles. The molecule has 1 aromatic carbocycles. The van der Waals surface area contributed by atoms with Crippen molar-refractivity contribution < 1.29 is 21.6 Å². The molecule has 1 heterocycles. The van der Waals surface area contributed by atoms with Gasteiger partial charge in [0.2, 0.25) is 16.0 Å². The van der Waals surface area contributed by atoms with Crippen LogP contribution in [0.2, 0.25) is 5.02 Å². The molecule has 11 heteroatoms. The van der Waals surface area contributed by atoms with Crippen molar-refractivity contribution in [3.8, 4) is 0 Å². The molecule has 0 bridgehead atoms. The van der Waals surface area contributed by atoms with Crippen LogP contribution in [-0.2, 0) is 22.6 Å². The molecule has 0 aliphatic heterocycles. The Bertz CT molecular complexity index is 893. The fraction of sp³-hybridized carbons (Fsp3) is 0.375. The van der Waals surface area contributed by atoms with Crippen LogP contribution in [0.3, 0.4) is 0 Å². The summed E-state index contributed by atoms with van der Waals surface area (Å²) in [5, 5.41) is 2.09. The Labute approximate surface area is 160 Å². The number of aromatic nitrogens is 2.